The van der Waals surface area contributed by atoms with Crippen LogP contribution in [0.5, 0.6) is 0 Å². The first-order valence-electron chi connectivity index (χ1n) is 5.26. The van der Waals surface area contributed by atoms with Crippen molar-refractivity contribution in [3.8, 4) is 0 Å². The summed E-state index contributed by atoms with van der Waals surface area (Å²) in [4.78, 5) is 9.01. The molecule has 0 amide bonds. The highest BCUT2D eigenvalue weighted by Crippen LogP contribution is 2.54. The van der Waals surface area contributed by atoms with E-state index in [-0.39, 0.29) is 5.31 Å². The van der Waals surface area contributed by atoms with Crippen molar-refractivity contribution in [3.05, 3.63) is 11.9 Å². The Balaban J connectivity index is 2.92. The number of rotatable bonds is 3. The Morgan fingerprint density at radius 2 is 1.81 bits per heavy atom. The Labute approximate surface area is 93.4 Å². The second-order valence-electron chi connectivity index (χ2n) is 4.42. The predicted molar refractivity (Wildman–Crippen MR) is 56.6 cm³/mol. The molecule has 0 saturated heterocycles. The largest absolute Gasteiger partial charge is 0.389 e. The monoisotopic (exact) mass is 256 g/mol. The van der Waals surface area contributed by atoms with Crippen LogP contribution in [0.1, 0.15) is 38.5 Å². The minimum Gasteiger partial charge on any atom is -0.343 e. The Morgan fingerprint density at radius 3 is 2.19 bits per heavy atom. The second kappa shape index (κ2) is 4.92. The van der Waals surface area contributed by atoms with Crippen LogP contribution in [0.2, 0.25) is 0 Å². The number of hydrogen-bond donors (Lipinski definition) is 1. The lowest BCUT2D eigenvalue weighted by atomic mass is 9.71. The van der Waals surface area contributed by atoms with Gasteiger partial charge >= 0.3 is 6.18 Å². The normalized spacial score (nSPS) is 22.8. The van der Waals surface area contributed by atoms with Crippen LogP contribution in [0.3, 0.4) is 0 Å². The van der Waals surface area contributed by atoms with E-state index in [4.69, 9.17) is 4.89 Å². The van der Waals surface area contributed by atoms with Crippen molar-refractivity contribution in [2.24, 2.45) is 5.41 Å². The zero-order chi connectivity index (χ0) is 12.4. The fourth-order valence-electron chi connectivity index (χ4n) is 2.42. The molecule has 0 bridgehead atoms. The molecule has 1 fully saturated rings. The summed E-state index contributed by atoms with van der Waals surface area (Å²) in [5.41, 5.74) is -1.19. The average molecular weight is 256 g/mol. The van der Waals surface area contributed by atoms with E-state index in [0.29, 0.717) is 25.7 Å². The summed E-state index contributed by atoms with van der Waals surface area (Å²) in [6.07, 6.45) is -2.45. The van der Waals surface area contributed by atoms with Gasteiger partial charge in [0.2, 0.25) is 8.03 Å². The minimum absolute atomic E-state index is 0.102. The van der Waals surface area contributed by atoms with Gasteiger partial charge in [-0.2, -0.15) is 13.2 Å². The van der Waals surface area contributed by atoms with Crippen molar-refractivity contribution >= 4 is 8.03 Å². The lowest BCUT2D eigenvalue weighted by Crippen LogP contribution is -2.31. The van der Waals surface area contributed by atoms with E-state index >= 15 is 0 Å². The molecule has 0 aromatic rings. The molecule has 2 nitrogen and oxygen atoms in total. The zero-order valence-corrected chi connectivity index (χ0v) is 9.94. The summed E-state index contributed by atoms with van der Waals surface area (Å²) < 4.78 is 48.5. The van der Waals surface area contributed by atoms with E-state index in [1.54, 1.807) is 0 Å². The molecule has 0 aromatic carbocycles. The third-order valence-electron chi connectivity index (χ3n) is 3.25. The smallest absolute Gasteiger partial charge is 0.343 e. The topological polar surface area (TPSA) is 37.3 Å². The van der Waals surface area contributed by atoms with Gasteiger partial charge in [-0.1, -0.05) is 25.8 Å². The molecule has 1 aliphatic carbocycles. The molecule has 0 heterocycles. The van der Waals surface area contributed by atoms with Gasteiger partial charge in [0.15, 0.2) is 0 Å². The SMILES string of the molecule is C=C([PH](=O)O)C1(CC(F)(F)F)CCCCC1. The lowest BCUT2D eigenvalue weighted by molar-refractivity contribution is -0.156. The number of hydrogen-bond acceptors (Lipinski definition) is 1. The van der Waals surface area contributed by atoms with Crippen LogP contribution in [-0.4, -0.2) is 11.1 Å². The second-order valence-corrected chi connectivity index (χ2v) is 5.63. The van der Waals surface area contributed by atoms with Crippen molar-refractivity contribution in [2.45, 2.75) is 44.7 Å². The molecule has 1 saturated carbocycles. The molecule has 1 unspecified atom stereocenters. The van der Waals surface area contributed by atoms with E-state index in [2.05, 4.69) is 6.58 Å². The molecule has 0 radical (unpaired) electrons. The van der Waals surface area contributed by atoms with Crippen molar-refractivity contribution < 1.29 is 22.6 Å². The van der Waals surface area contributed by atoms with Gasteiger partial charge in [0.25, 0.3) is 0 Å². The first kappa shape index (κ1) is 13.8. The molecule has 16 heavy (non-hydrogen) atoms. The third kappa shape index (κ3) is 3.36. The third-order valence-corrected chi connectivity index (χ3v) is 4.29. The molecule has 0 aliphatic heterocycles. The summed E-state index contributed by atoms with van der Waals surface area (Å²) in [6.45, 7) is 3.42. The molecule has 1 N–H and O–H groups in total. The van der Waals surface area contributed by atoms with Crippen LogP contribution in [-0.2, 0) is 4.57 Å². The van der Waals surface area contributed by atoms with Gasteiger partial charge in [-0.05, 0) is 12.8 Å². The van der Waals surface area contributed by atoms with E-state index in [1.807, 2.05) is 0 Å². The Morgan fingerprint density at radius 1 is 1.31 bits per heavy atom. The van der Waals surface area contributed by atoms with E-state index < -0.39 is 26.0 Å². The molecule has 0 aromatic heterocycles. The summed E-state index contributed by atoms with van der Waals surface area (Å²) >= 11 is 0. The Hall–Kier alpha value is -0.280. The van der Waals surface area contributed by atoms with Gasteiger partial charge in [-0.3, -0.25) is 4.57 Å². The van der Waals surface area contributed by atoms with Crippen molar-refractivity contribution in [3.63, 3.8) is 0 Å². The van der Waals surface area contributed by atoms with Crippen LogP contribution >= 0.6 is 8.03 Å². The summed E-state index contributed by atoms with van der Waals surface area (Å²) in [7, 11) is -3.08. The molecule has 6 heteroatoms. The first-order valence-corrected chi connectivity index (χ1v) is 6.62. The molecule has 1 aliphatic rings. The van der Waals surface area contributed by atoms with Gasteiger partial charge < -0.3 is 4.89 Å². The van der Waals surface area contributed by atoms with Crippen molar-refractivity contribution in [1.29, 1.82) is 0 Å². The van der Waals surface area contributed by atoms with Crippen LogP contribution in [0.4, 0.5) is 13.2 Å². The van der Waals surface area contributed by atoms with Gasteiger partial charge in [0.05, 0.1) is 6.42 Å². The maximum atomic E-state index is 12.5. The van der Waals surface area contributed by atoms with E-state index in [1.165, 1.54) is 0 Å². The van der Waals surface area contributed by atoms with E-state index in [0.717, 1.165) is 6.42 Å². The number of halogens is 3. The van der Waals surface area contributed by atoms with Crippen LogP contribution in [0, 0.1) is 5.41 Å². The summed E-state index contributed by atoms with van der Waals surface area (Å²) in [5, 5.41) is -0.102. The molecule has 1 atom stereocenters. The summed E-state index contributed by atoms with van der Waals surface area (Å²) in [5.74, 6) is 0. The quantitative estimate of drug-likeness (QED) is 0.778. The molecule has 1 rings (SSSR count). The summed E-state index contributed by atoms with van der Waals surface area (Å²) in [6, 6.07) is 0. The zero-order valence-electron chi connectivity index (χ0n) is 8.94. The fraction of sp³-hybridized carbons (Fsp3) is 0.800. The van der Waals surface area contributed by atoms with Gasteiger partial charge in [0.1, 0.15) is 0 Å². The highest BCUT2D eigenvalue weighted by atomic mass is 31.1. The Bertz CT molecular complexity index is 293. The van der Waals surface area contributed by atoms with Crippen LogP contribution < -0.4 is 0 Å². The van der Waals surface area contributed by atoms with Crippen LogP contribution in [0.25, 0.3) is 0 Å². The standard InChI is InChI=1S/C10H16F3O2P/c1-8(16(14)15)9(7-10(11,12)13)5-3-2-4-6-9/h16H,1-7H2,(H,14,15). The lowest BCUT2D eigenvalue weighted by Gasteiger charge is -2.38. The minimum atomic E-state index is -4.31. The van der Waals surface area contributed by atoms with Crippen LogP contribution in [0.15, 0.2) is 11.9 Å². The highest BCUT2D eigenvalue weighted by Gasteiger charge is 2.45. The first-order chi connectivity index (χ1) is 7.27. The molecule has 94 valence electrons. The maximum Gasteiger partial charge on any atom is 0.389 e. The predicted octanol–water partition coefficient (Wildman–Crippen LogP) is 3.87. The fourth-order valence-corrected chi connectivity index (χ4v) is 3.22. The van der Waals surface area contributed by atoms with E-state index in [9.17, 15) is 17.7 Å². The van der Waals surface area contributed by atoms with Gasteiger partial charge in [-0.25, -0.2) is 0 Å². The highest BCUT2D eigenvalue weighted by molar-refractivity contribution is 7.43. The molecule has 0 spiro atoms. The van der Waals surface area contributed by atoms with Crippen molar-refractivity contribution in [2.75, 3.05) is 0 Å². The maximum absolute atomic E-state index is 12.5. The van der Waals surface area contributed by atoms with Crippen molar-refractivity contribution in [1.82, 2.24) is 0 Å². The van der Waals surface area contributed by atoms with Gasteiger partial charge in [-0.15, -0.1) is 0 Å². The van der Waals surface area contributed by atoms with Gasteiger partial charge in [0, 0.05) is 10.7 Å². The average Bonchev–Trinajstić information content (AvgIpc) is 2.15. The molecular weight excluding hydrogens is 240 g/mol. The molecular formula is C10H16F3O2P. The Kier molecular flexibility index (Phi) is 4.24. The number of alkyl halides is 3. The number of allylic oxidation sites excluding steroid dienone is 1.